The number of hydrogen-bond donors (Lipinski definition) is 1. The smallest absolute Gasteiger partial charge is 0.383 e. The number of aryl methyl sites for hydroxylation is 2. The third kappa shape index (κ3) is 6.53. The van der Waals surface area contributed by atoms with E-state index in [4.69, 9.17) is 30.7 Å². The maximum atomic E-state index is 16.4. The van der Waals surface area contributed by atoms with Gasteiger partial charge in [-0.15, -0.1) is 0 Å². The van der Waals surface area contributed by atoms with Gasteiger partial charge in [0.1, 0.15) is 17.1 Å². The van der Waals surface area contributed by atoms with E-state index in [0.717, 1.165) is 40.6 Å². The Labute approximate surface area is 375 Å². The van der Waals surface area contributed by atoms with Gasteiger partial charge < -0.3 is 18.9 Å². The predicted octanol–water partition coefficient (Wildman–Crippen LogP) is 7.04. The van der Waals surface area contributed by atoms with Crippen molar-refractivity contribution in [1.82, 2.24) is 48.3 Å². The molecular formula is C47H46ClFN10O6. The van der Waals surface area contributed by atoms with Crippen LogP contribution in [0.4, 0.5) is 4.39 Å². The van der Waals surface area contributed by atoms with Gasteiger partial charge in [0.15, 0.2) is 11.6 Å². The van der Waals surface area contributed by atoms with Crippen LogP contribution in [0.2, 0.25) is 5.02 Å². The number of imidazole rings is 1. The zero-order chi connectivity index (χ0) is 44.9. The number of ether oxygens (including phenoxy) is 2. The summed E-state index contributed by atoms with van der Waals surface area (Å²) in [4.78, 5) is 47.1. The van der Waals surface area contributed by atoms with Crippen LogP contribution in [0.15, 0.2) is 81.2 Å². The highest BCUT2D eigenvalue weighted by Gasteiger charge is 2.52. The zero-order valence-electron chi connectivity index (χ0n) is 36.3. The van der Waals surface area contributed by atoms with E-state index in [1.54, 1.807) is 34.8 Å². The summed E-state index contributed by atoms with van der Waals surface area (Å²) < 4.78 is 40.4. The normalized spacial score (nSPS) is 17.4. The van der Waals surface area contributed by atoms with E-state index in [1.807, 2.05) is 48.4 Å². The van der Waals surface area contributed by atoms with Crippen LogP contribution in [0.25, 0.3) is 39.0 Å². The molecule has 11 rings (SSSR count). The standard InChI is InChI=1S/C47H46ClFN10O6/c1-26-21-32(22-27(2)40(26)48)59-42(56-16-15-55(46(56)62)37-8-7-36-33(41(37)49)25-50-57(36)17-20-63-4)39-28(3)54(14-9-34(39)52-59)43(60)38-24-31-23-30(29-10-18-64-19-11-29)5-6-35(31)58(38)47(12-13-47)44-51-45(61)65-53-44/h5-8,15-16,21-25,28-29H,9-14,17-20H2,1-4H3,(H,51,53,61)/t28-/m0/s1. The molecule has 5 aromatic heterocycles. The number of amides is 1. The molecule has 1 N–H and O–H groups in total. The van der Waals surface area contributed by atoms with Gasteiger partial charge in [0, 0.05) is 67.2 Å². The monoisotopic (exact) mass is 900 g/mol. The van der Waals surface area contributed by atoms with Crippen LogP contribution in [0, 0.1) is 19.7 Å². The fourth-order valence-electron chi connectivity index (χ4n) is 10.2. The van der Waals surface area contributed by atoms with E-state index >= 15 is 9.18 Å². The number of hydrogen-bond acceptors (Lipinski definition) is 9. The molecule has 7 heterocycles. The van der Waals surface area contributed by atoms with E-state index in [-0.39, 0.29) is 17.0 Å². The summed E-state index contributed by atoms with van der Waals surface area (Å²) in [6, 6.07) is 14.9. The molecule has 2 aliphatic heterocycles. The molecule has 16 nitrogen and oxygen atoms in total. The lowest BCUT2D eigenvalue weighted by atomic mass is 9.91. The summed E-state index contributed by atoms with van der Waals surface area (Å²) in [6.07, 6.45) is 8.10. The van der Waals surface area contributed by atoms with Crippen LogP contribution >= 0.6 is 11.6 Å². The van der Waals surface area contributed by atoms with E-state index < -0.39 is 28.8 Å². The Morgan fingerprint density at radius 1 is 1.02 bits per heavy atom. The van der Waals surface area contributed by atoms with Crippen molar-refractivity contribution in [2.75, 3.05) is 33.5 Å². The summed E-state index contributed by atoms with van der Waals surface area (Å²) in [5, 5.41) is 15.4. The molecule has 1 amide bonds. The highest BCUT2D eigenvalue weighted by molar-refractivity contribution is 6.32. The highest BCUT2D eigenvalue weighted by Crippen LogP contribution is 2.51. The minimum atomic E-state index is -0.791. The first-order chi connectivity index (χ1) is 31.5. The van der Waals surface area contributed by atoms with Gasteiger partial charge in [-0.3, -0.25) is 28.1 Å². The number of carbonyl (C=O) groups is 1. The van der Waals surface area contributed by atoms with Crippen molar-refractivity contribution in [2.45, 2.75) is 76.9 Å². The maximum absolute atomic E-state index is 16.4. The average Bonchev–Trinajstić information content (AvgIpc) is 3.79. The molecule has 1 atom stereocenters. The molecular weight excluding hydrogens is 855 g/mol. The minimum absolute atomic E-state index is 0.0609. The van der Waals surface area contributed by atoms with Crippen molar-refractivity contribution in [2.24, 2.45) is 0 Å². The number of fused-ring (bicyclic) bond motifs is 3. The van der Waals surface area contributed by atoms with Crippen molar-refractivity contribution in [3.8, 4) is 17.2 Å². The fourth-order valence-corrected chi connectivity index (χ4v) is 10.3. The van der Waals surface area contributed by atoms with Gasteiger partial charge in [-0.1, -0.05) is 22.8 Å². The lowest BCUT2D eigenvalue weighted by Crippen LogP contribution is -2.41. The molecule has 3 aliphatic rings. The molecule has 18 heteroatoms. The van der Waals surface area contributed by atoms with Gasteiger partial charge in [0.2, 0.25) is 0 Å². The first-order valence-electron chi connectivity index (χ1n) is 21.9. The number of nitrogens with zero attached hydrogens (tertiary/aromatic N) is 9. The Hall–Kier alpha value is -6.56. The van der Waals surface area contributed by atoms with Gasteiger partial charge in [-0.25, -0.2) is 18.7 Å². The SMILES string of the molecule is COCCn1ncc2c(F)c(-n3ccn(-c4c5c(nn4-c4cc(C)c(Cl)c(C)c4)CCN(C(=O)c4cc6cc(C7CCOCC7)ccc6n4C4(c6noc(=O)[nH]6)CC4)[C@H]5C)c3=O)ccc21. The lowest BCUT2D eigenvalue weighted by Gasteiger charge is -2.34. The number of halogens is 2. The number of methoxy groups -OCH3 is 1. The molecule has 1 saturated carbocycles. The van der Waals surface area contributed by atoms with Gasteiger partial charge in [-0.05, 0) is 112 Å². The molecule has 0 radical (unpaired) electrons. The topological polar surface area (TPSA) is 165 Å². The van der Waals surface area contributed by atoms with E-state index in [0.29, 0.717) is 97.2 Å². The second-order valence-electron chi connectivity index (χ2n) is 17.5. The van der Waals surface area contributed by atoms with Crippen LogP contribution < -0.4 is 11.4 Å². The van der Waals surface area contributed by atoms with Crippen LogP contribution in [0.1, 0.15) is 88.8 Å². The number of H-pyrrole nitrogens is 1. The van der Waals surface area contributed by atoms with E-state index in [2.05, 4.69) is 33.4 Å². The summed E-state index contributed by atoms with van der Waals surface area (Å²) in [5.74, 6) is -0.353. The van der Waals surface area contributed by atoms with Crippen LogP contribution in [0.3, 0.4) is 0 Å². The Kier molecular flexibility index (Phi) is 9.85. The van der Waals surface area contributed by atoms with Gasteiger partial charge in [0.05, 0.1) is 53.4 Å². The van der Waals surface area contributed by atoms with Crippen LogP contribution in [-0.4, -0.2) is 87.7 Å². The summed E-state index contributed by atoms with van der Waals surface area (Å²) in [5.41, 5.74) is 5.52. The molecule has 2 fully saturated rings. The number of carbonyl (C=O) groups excluding carboxylic acids is 1. The number of aromatic amines is 1. The lowest BCUT2D eigenvalue weighted by molar-refractivity contribution is 0.0664. The molecule has 1 aliphatic carbocycles. The van der Waals surface area contributed by atoms with Crippen LogP contribution in [-0.2, 0) is 28.0 Å². The molecule has 8 aromatic rings. The summed E-state index contributed by atoms with van der Waals surface area (Å²) in [7, 11) is 1.59. The molecule has 65 heavy (non-hydrogen) atoms. The summed E-state index contributed by atoms with van der Waals surface area (Å²) >= 11 is 6.66. The Bertz CT molecular complexity index is 3300. The van der Waals surface area contributed by atoms with Gasteiger partial charge in [-0.2, -0.15) is 10.2 Å². The van der Waals surface area contributed by atoms with E-state index in [9.17, 15) is 9.59 Å². The minimum Gasteiger partial charge on any atom is -0.383 e. The van der Waals surface area contributed by atoms with Crippen molar-refractivity contribution < 1.29 is 23.2 Å². The molecule has 0 bridgehead atoms. The van der Waals surface area contributed by atoms with Crippen molar-refractivity contribution in [1.29, 1.82) is 0 Å². The average molecular weight is 901 g/mol. The van der Waals surface area contributed by atoms with E-state index in [1.165, 1.54) is 27.1 Å². The van der Waals surface area contributed by atoms with Crippen molar-refractivity contribution in [3.63, 3.8) is 0 Å². The number of nitrogens with one attached hydrogen (secondary N) is 1. The fraction of sp³-hybridized carbons (Fsp3) is 0.362. The third-order valence-electron chi connectivity index (χ3n) is 13.7. The molecule has 0 spiro atoms. The first kappa shape index (κ1) is 41.2. The number of aromatic nitrogens is 9. The molecule has 1 saturated heterocycles. The Morgan fingerprint density at radius 3 is 2.49 bits per heavy atom. The van der Waals surface area contributed by atoms with Crippen molar-refractivity contribution in [3.05, 3.63) is 138 Å². The number of benzene rings is 3. The largest absolute Gasteiger partial charge is 0.438 e. The maximum Gasteiger partial charge on any atom is 0.438 e. The molecule has 3 aromatic carbocycles. The first-order valence-corrected chi connectivity index (χ1v) is 22.3. The molecule has 0 unspecified atom stereocenters. The zero-order valence-corrected chi connectivity index (χ0v) is 37.1. The van der Waals surface area contributed by atoms with Crippen LogP contribution in [0.5, 0.6) is 0 Å². The molecule has 334 valence electrons. The summed E-state index contributed by atoms with van der Waals surface area (Å²) in [6.45, 7) is 8.35. The second kappa shape index (κ2) is 15.6. The quantitative estimate of drug-likeness (QED) is 0.152. The Morgan fingerprint density at radius 2 is 1.77 bits per heavy atom. The third-order valence-corrected chi connectivity index (χ3v) is 14.3. The predicted molar refractivity (Wildman–Crippen MR) is 239 cm³/mol. The van der Waals surface area contributed by atoms with Gasteiger partial charge >= 0.3 is 11.4 Å². The highest BCUT2D eigenvalue weighted by atomic mass is 35.5. The second-order valence-corrected chi connectivity index (χ2v) is 17.8. The Balaban J connectivity index is 1.04. The van der Waals surface area contributed by atoms with Gasteiger partial charge in [0.25, 0.3) is 5.91 Å². The van der Waals surface area contributed by atoms with Crippen molar-refractivity contribution >= 4 is 39.3 Å². The number of rotatable bonds is 10.